The van der Waals surface area contributed by atoms with Gasteiger partial charge in [-0.25, -0.2) is 4.79 Å². The predicted molar refractivity (Wildman–Crippen MR) is 122 cm³/mol. The fourth-order valence-electron chi connectivity index (χ4n) is 4.14. The summed E-state index contributed by atoms with van der Waals surface area (Å²) in [5, 5.41) is 15.2. The zero-order valence-corrected chi connectivity index (χ0v) is 18.7. The van der Waals surface area contributed by atoms with E-state index in [9.17, 15) is 14.4 Å². The fraction of sp³-hybridized carbons (Fsp3) is 0.280. The largest absolute Gasteiger partial charge is 0.481 e. The second-order valence-corrected chi connectivity index (χ2v) is 8.08. The Hall–Kier alpha value is -4.14. The highest BCUT2D eigenvalue weighted by Gasteiger charge is 2.29. The number of amides is 2. The van der Waals surface area contributed by atoms with E-state index in [2.05, 4.69) is 22.6 Å². The van der Waals surface area contributed by atoms with Gasteiger partial charge in [0.25, 0.3) is 5.91 Å². The standard InChI is InChI=1S/C25H25N3O6/c1-28(12-6-11-23(29)30)24(31)21-15-34-27-22(21)13-26-25(32)33-14-20-18-9-4-2-7-16(18)17-8-3-5-10-19(17)20/h2-5,7-10,15,20H,6,11-14H2,1H3,(H,26,32)(H,29,30). The van der Waals surface area contributed by atoms with Crippen LogP contribution in [0.5, 0.6) is 0 Å². The van der Waals surface area contributed by atoms with Crippen LogP contribution in [0.1, 0.15) is 45.9 Å². The van der Waals surface area contributed by atoms with E-state index >= 15 is 0 Å². The van der Waals surface area contributed by atoms with Crippen LogP contribution in [-0.2, 0) is 16.1 Å². The lowest BCUT2D eigenvalue weighted by Gasteiger charge is -2.16. The van der Waals surface area contributed by atoms with E-state index in [1.54, 1.807) is 7.05 Å². The molecule has 34 heavy (non-hydrogen) atoms. The number of benzene rings is 2. The van der Waals surface area contributed by atoms with Gasteiger partial charge in [-0.2, -0.15) is 0 Å². The number of hydrogen-bond donors (Lipinski definition) is 2. The SMILES string of the molecule is CN(CCCC(=O)O)C(=O)c1conc1CNC(=O)OCC1c2ccccc2-c2ccccc21. The number of ether oxygens (including phenoxy) is 1. The lowest BCUT2D eigenvalue weighted by molar-refractivity contribution is -0.137. The number of alkyl carbamates (subject to hydrolysis) is 1. The predicted octanol–water partition coefficient (Wildman–Crippen LogP) is 3.65. The summed E-state index contributed by atoms with van der Waals surface area (Å²) < 4.78 is 10.4. The highest BCUT2D eigenvalue weighted by molar-refractivity contribution is 5.94. The highest BCUT2D eigenvalue weighted by atomic mass is 16.5. The van der Waals surface area contributed by atoms with Crippen molar-refractivity contribution in [3.8, 4) is 11.1 Å². The summed E-state index contributed by atoms with van der Waals surface area (Å²) in [6.45, 7) is 0.406. The first-order chi connectivity index (χ1) is 16.5. The Kier molecular flexibility index (Phi) is 6.91. The van der Waals surface area contributed by atoms with Gasteiger partial charge in [0.15, 0.2) is 0 Å². The molecule has 1 aromatic heterocycles. The van der Waals surface area contributed by atoms with E-state index in [0.29, 0.717) is 6.42 Å². The second-order valence-electron chi connectivity index (χ2n) is 8.08. The molecule has 0 atom stereocenters. The molecule has 2 aromatic carbocycles. The Morgan fingerprint density at radius 2 is 1.74 bits per heavy atom. The van der Waals surface area contributed by atoms with E-state index in [1.165, 1.54) is 11.2 Å². The van der Waals surface area contributed by atoms with E-state index in [0.717, 1.165) is 22.3 Å². The number of nitrogens with one attached hydrogen (secondary N) is 1. The lowest BCUT2D eigenvalue weighted by Crippen LogP contribution is -2.30. The van der Waals surface area contributed by atoms with Crippen LogP contribution in [0.4, 0.5) is 4.79 Å². The molecule has 0 unspecified atom stereocenters. The second kappa shape index (κ2) is 10.2. The molecule has 2 amide bonds. The maximum Gasteiger partial charge on any atom is 0.407 e. The monoisotopic (exact) mass is 463 g/mol. The molecule has 0 saturated heterocycles. The fourth-order valence-corrected chi connectivity index (χ4v) is 4.14. The molecule has 9 heteroatoms. The minimum Gasteiger partial charge on any atom is -0.481 e. The van der Waals surface area contributed by atoms with Crippen molar-refractivity contribution in [2.45, 2.75) is 25.3 Å². The number of carbonyl (C=O) groups excluding carboxylic acids is 2. The summed E-state index contributed by atoms with van der Waals surface area (Å²) in [7, 11) is 1.57. The zero-order valence-electron chi connectivity index (χ0n) is 18.7. The van der Waals surface area contributed by atoms with Gasteiger partial charge in [0.1, 0.15) is 24.1 Å². The molecule has 0 bridgehead atoms. The molecule has 0 fully saturated rings. The smallest absolute Gasteiger partial charge is 0.407 e. The molecule has 2 N–H and O–H groups in total. The first-order valence-corrected chi connectivity index (χ1v) is 10.9. The van der Waals surface area contributed by atoms with Gasteiger partial charge in [-0.3, -0.25) is 9.59 Å². The first kappa shape index (κ1) is 23.0. The van der Waals surface area contributed by atoms with Crippen molar-refractivity contribution in [1.29, 1.82) is 0 Å². The zero-order chi connectivity index (χ0) is 24.1. The molecule has 1 heterocycles. The number of carbonyl (C=O) groups is 3. The van der Waals surface area contributed by atoms with Crippen LogP contribution in [0.15, 0.2) is 59.3 Å². The van der Waals surface area contributed by atoms with Crippen molar-refractivity contribution >= 4 is 18.0 Å². The summed E-state index contributed by atoms with van der Waals surface area (Å²) in [5.74, 6) is -1.34. The average Bonchev–Trinajstić information content (AvgIpc) is 3.43. The van der Waals surface area contributed by atoms with Crippen LogP contribution in [0, 0.1) is 0 Å². The summed E-state index contributed by atoms with van der Waals surface area (Å²) in [5.41, 5.74) is 5.00. The quantitative estimate of drug-likeness (QED) is 0.497. The van der Waals surface area contributed by atoms with Crippen molar-refractivity contribution in [3.05, 3.63) is 77.2 Å². The molecular weight excluding hydrogens is 438 g/mol. The van der Waals surface area contributed by atoms with E-state index in [1.807, 2.05) is 36.4 Å². The summed E-state index contributed by atoms with van der Waals surface area (Å²) >= 11 is 0. The van der Waals surface area contributed by atoms with Crippen LogP contribution < -0.4 is 5.32 Å². The van der Waals surface area contributed by atoms with Crippen molar-refractivity contribution in [3.63, 3.8) is 0 Å². The van der Waals surface area contributed by atoms with Crippen molar-refractivity contribution in [2.24, 2.45) is 0 Å². The number of hydrogen-bond acceptors (Lipinski definition) is 6. The van der Waals surface area contributed by atoms with E-state index in [4.69, 9.17) is 14.4 Å². The lowest BCUT2D eigenvalue weighted by atomic mass is 9.98. The number of carboxylic acids is 1. The number of rotatable bonds is 9. The molecule has 0 aliphatic heterocycles. The Morgan fingerprint density at radius 1 is 1.09 bits per heavy atom. The van der Waals surface area contributed by atoms with Gasteiger partial charge in [-0.15, -0.1) is 0 Å². The Balaban J connectivity index is 1.32. The van der Waals surface area contributed by atoms with Crippen LogP contribution >= 0.6 is 0 Å². The molecule has 0 radical (unpaired) electrons. The molecule has 1 aliphatic carbocycles. The summed E-state index contributed by atoms with van der Waals surface area (Å²) in [6.07, 6.45) is 0.886. The van der Waals surface area contributed by atoms with Crippen LogP contribution in [0.2, 0.25) is 0 Å². The minimum absolute atomic E-state index is 0.0303. The number of fused-ring (bicyclic) bond motifs is 3. The summed E-state index contributed by atoms with van der Waals surface area (Å²) in [4.78, 5) is 37.1. The molecular formula is C25H25N3O6. The maximum absolute atomic E-state index is 12.6. The topological polar surface area (TPSA) is 122 Å². The van der Waals surface area contributed by atoms with Gasteiger partial charge in [0, 0.05) is 25.9 Å². The first-order valence-electron chi connectivity index (χ1n) is 10.9. The van der Waals surface area contributed by atoms with Gasteiger partial charge < -0.3 is 24.6 Å². The third kappa shape index (κ3) is 4.93. The van der Waals surface area contributed by atoms with Crippen LogP contribution in [0.25, 0.3) is 11.1 Å². The molecule has 1 aliphatic rings. The molecule has 9 nitrogen and oxygen atoms in total. The normalized spacial score (nSPS) is 12.0. The number of carboxylic acid groups (broad SMARTS) is 1. The van der Waals surface area contributed by atoms with Crippen LogP contribution in [-0.4, -0.2) is 53.3 Å². The number of nitrogens with zero attached hydrogens (tertiary/aromatic N) is 2. The van der Waals surface area contributed by atoms with Gasteiger partial charge in [0.05, 0.1) is 6.54 Å². The summed E-state index contributed by atoms with van der Waals surface area (Å²) in [6, 6.07) is 16.1. The Labute approximate surface area is 196 Å². The van der Waals surface area contributed by atoms with Gasteiger partial charge in [-0.05, 0) is 28.7 Å². The average molecular weight is 463 g/mol. The molecule has 4 rings (SSSR count). The maximum atomic E-state index is 12.6. The number of aliphatic carboxylic acids is 1. The van der Waals surface area contributed by atoms with E-state index < -0.39 is 12.1 Å². The van der Waals surface area contributed by atoms with Crippen molar-refractivity contribution < 1.29 is 28.8 Å². The number of aromatic nitrogens is 1. The molecule has 0 spiro atoms. The van der Waals surface area contributed by atoms with Gasteiger partial charge in [0.2, 0.25) is 0 Å². The third-order valence-corrected chi connectivity index (χ3v) is 5.85. The molecule has 176 valence electrons. The molecule has 3 aromatic rings. The van der Waals surface area contributed by atoms with Gasteiger partial charge in [-0.1, -0.05) is 53.7 Å². The molecule has 0 saturated carbocycles. The van der Waals surface area contributed by atoms with E-state index in [-0.39, 0.29) is 49.2 Å². The Bertz CT molecular complexity index is 1160. The van der Waals surface area contributed by atoms with Gasteiger partial charge >= 0.3 is 12.1 Å². The van der Waals surface area contributed by atoms with Crippen molar-refractivity contribution in [1.82, 2.24) is 15.4 Å². The highest BCUT2D eigenvalue weighted by Crippen LogP contribution is 2.44. The minimum atomic E-state index is -0.918. The van der Waals surface area contributed by atoms with Crippen LogP contribution in [0.3, 0.4) is 0 Å². The Morgan fingerprint density at radius 3 is 2.38 bits per heavy atom. The third-order valence-electron chi connectivity index (χ3n) is 5.85. The van der Waals surface area contributed by atoms with Crippen molar-refractivity contribution in [2.75, 3.05) is 20.2 Å².